The summed E-state index contributed by atoms with van der Waals surface area (Å²) in [5, 5.41) is 5.93. The highest BCUT2D eigenvalue weighted by Crippen LogP contribution is 2.14. The standard InChI is InChI=1S/C18H19ClN2O2/c19-16-9-5-4-8-15(16)18(23)21-13-11-17(22)20-12-10-14-6-2-1-3-7-14/h1-9H,10-13H2,(H,20,22)(H,21,23). The summed E-state index contributed by atoms with van der Waals surface area (Å²) in [6.45, 7) is 0.864. The van der Waals surface area contributed by atoms with E-state index in [-0.39, 0.29) is 24.8 Å². The minimum absolute atomic E-state index is 0.0830. The lowest BCUT2D eigenvalue weighted by atomic mass is 10.1. The summed E-state index contributed by atoms with van der Waals surface area (Å²) >= 11 is 5.95. The van der Waals surface area contributed by atoms with Crippen LogP contribution in [0.15, 0.2) is 54.6 Å². The molecule has 0 heterocycles. The number of carbonyl (C=O) groups is 2. The van der Waals surface area contributed by atoms with Gasteiger partial charge in [-0.25, -0.2) is 0 Å². The van der Waals surface area contributed by atoms with E-state index in [2.05, 4.69) is 10.6 Å². The molecule has 0 atom stereocenters. The Morgan fingerprint density at radius 2 is 1.57 bits per heavy atom. The van der Waals surface area contributed by atoms with Crippen LogP contribution in [-0.4, -0.2) is 24.9 Å². The summed E-state index contributed by atoms with van der Waals surface area (Å²) in [6, 6.07) is 16.8. The Morgan fingerprint density at radius 3 is 2.30 bits per heavy atom. The Morgan fingerprint density at radius 1 is 0.870 bits per heavy atom. The molecule has 5 heteroatoms. The quantitative estimate of drug-likeness (QED) is 0.820. The number of benzene rings is 2. The minimum Gasteiger partial charge on any atom is -0.356 e. The fraction of sp³-hybridized carbons (Fsp3) is 0.222. The number of nitrogens with one attached hydrogen (secondary N) is 2. The molecule has 0 aliphatic heterocycles. The zero-order valence-electron chi connectivity index (χ0n) is 12.7. The van der Waals surface area contributed by atoms with Crippen molar-refractivity contribution in [1.29, 1.82) is 0 Å². The van der Waals surface area contributed by atoms with Gasteiger partial charge in [0.05, 0.1) is 10.6 Å². The maximum Gasteiger partial charge on any atom is 0.252 e. The van der Waals surface area contributed by atoms with E-state index in [9.17, 15) is 9.59 Å². The molecule has 0 aliphatic rings. The van der Waals surface area contributed by atoms with Crippen molar-refractivity contribution in [3.8, 4) is 0 Å². The van der Waals surface area contributed by atoms with Crippen molar-refractivity contribution in [3.05, 3.63) is 70.7 Å². The first-order chi connectivity index (χ1) is 11.2. The molecule has 4 nitrogen and oxygen atoms in total. The van der Waals surface area contributed by atoms with Crippen LogP contribution in [0, 0.1) is 0 Å². The second-order valence-electron chi connectivity index (χ2n) is 5.07. The molecule has 23 heavy (non-hydrogen) atoms. The van der Waals surface area contributed by atoms with Crippen LogP contribution >= 0.6 is 11.6 Å². The average Bonchev–Trinajstić information content (AvgIpc) is 2.56. The molecule has 2 aromatic carbocycles. The lowest BCUT2D eigenvalue weighted by Crippen LogP contribution is -2.31. The second kappa shape index (κ2) is 8.96. The van der Waals surface area contributed by atoms with Gasteiger partial charge in [0.25, 0.3) is 5.91 Å². The van der Waals surface area contributed by atoms with Crippen LogP contribution in [0.3, 0.4) is 0 Å². The fourth-order valence-electron chi connectivity index (χ4n) is 2.11. The molecule has 0 fully saturated rings. The Labute approximate surface area is 140 Å². The third-order valence-electron chi connectivity index (χ3n) is 3.33. The molecule has 2 rings (SSSR count). The SMILES string of the molecule is O=C(CCNC(=O)c1ccccc1Cl)NCCc1ccccc1. The van der Waals surface area contributed by atoms with Gasteiger partial charge in [0.2, 0.25) is 5.91 Å². The first kappa shape index (κ1) is 17.0. The van der Waals surface area contributed by atoms with Gasteiger partial charge in [0, 0.05) is 19.5 Å². The van der Waals surface area contributed by atoms with E-state index in [1.807, 2.05) is 30.3 Å². The fourth-order valence-corrected chi connectivity index (χ4v) is 2.33. The topological polar surface area (TPSA) is 58.2 Å². The first-order valence-corrected chi connectivity index (χ1v) is 7.88. The molecule has 120 valence electrons. The Hall–Kier alpha value is -2.33. The molecule has 0 radical (unpaired) electrons. The van der Waals surface area contributed by atoms with Crippen LogP contribution in [-0.2, 0) is 11.2 Å². The number of halogens is 1. The molecule has 0 aromatic heterocycles. The molecule has 0 aliphatic carbocycles. The van der Waals surface area contributed by atoms with Crippen molar-refractivity contribution in [2.75, 3.05) is 13.1 Å². The van der Waals surface area contributed by atoms with E-state index in [4.69, 9.17) is 11.6 Å². The summed E-state index contributed by atoms with van der Waals surface area (Å²) in [5.41, 5.74) is 1.60. The van der Waals surface area contributed by atoms with Crippen LogP contribution < -0.4 is 10.6 Å². The molecule has 0 saturated heterocycles. The third kappa shape index (κ3) is 5.75. The molecular weight excluding hydrogens is 312 g/mol. The Kier molecular flexibility index (Phi) is 6.63. The highest BCUT2D eigenvalue weighted by atomic mass is 35.5. The lowest BCUT2D eigenvalue weighted by Gasteiger charge is -2.08. The molecule has 2 N–H and O–H groups in total. The van der Waals surface area contributed by atoms with E-state index < -0.39 is 0 Å². The van der Waals surface area contributed by atoms with Gasteiger partial charge in [-0.3, -0.25) is 9.59 Å². The van der Waals surface area contributed by atoms with Gasteiger partial charge < -0.3 is 10.6 Å². The summed E-state index contributed by atoms with van der Waals surface area (Å²) in [6.07, 6.45) is 1.03. The number of hydrogen-bond donors (Lipinski definition) is 2. The van der Waals surface area contributed by atoms with Crippen LogP contribution in [0.1, 0.15) is 22.3 Å². The van der Waals surface area contributed by atoms with Crippen LogP contribution in [0.4, 0.5) is 0 Å². The lowest BCUT2D eigenvalue weighted by molar-refractivity contribution is -0.120. The van der Waals surface area contributed by atoms with Crippen LogP contribution in [0.2, 0.25) is 5.02 Å². The van der Waals surface area contributed by atoms with Gasteiger partial charge >= 0.3 is 0 Å². The maximum atomic E-state index is 11.9. The highest BCUT2D eigenvalue weighted by Gasteiger charge is 2.09. The van der Waals surface area contributed by atoms with Crippen molar-refractivity contribution in [2.45, 2.75) is 12.8 Å². The van der Waals surface area contributed by atoms with Gasteiger partial charge in [0.15, 0.2) is 0 Å². The van der Waals surface area contributed by atoms with Crippen molar-refractivity contribution in [3.63, 3.8) is 0 Å². The Balaban J connectivity index is 1.65. The molecule has 2 aromatic rings. The predicted octanol–water partition coefficient (Wildman–Crippen LogP) is 2.82. The third-order valence-corrected chi connectivity index (χ3v) is 3.66. The van der Waals surface area contributed by atoms with Crippen molar-refractivity contribution in [1.82, 2.24) is 10.6 Å². The van der Waals surface area contributed by atoms with Gasteiger partial charge in [-0.15, -0.1) is 0 Å². The van der Waals surface area contributed by atoms with Gasteiger partial charge in [0.1, 0.15) is 0 Å². The maximum absolute atomic E-state index is 11.9. The average molecular weight is 331 g/mol. The van der Waals surface area contributed by atoms with Gasteiger partial charge in [-0.2, -0.15) is 0 Å². The summed E-state index contributed by atoms with van der Waals surface area (Å²) in [7, 11) is 0. The number of amides is 2. The molecular formula is C18H19ClN2O2. The zero-order valence-corrected chi connectivity index (χ0v) is 13.5. The summed E-state index contributed by atoms with van der Waals surface area (Å²) in [5.74, 6) is -0.354. The summed E-state index contributed by atoms with van der Waals surface area (Å²) in [4.78, 5) is 23.6. The molecule has 0 saturated carbocycles. The van der Waals surface area contributed by atoms with Crippen LogP contribution in [0.25, 0.3) is 0 Å². The van der Waals surface area contributed by atoms with Gasteiger partial charge in [-0.1, -0.05) is 54.1 Å². The van der Waals surface area contributed by atoms with E-state index in [0.717, 1.165) is 6.42 Å². The monoisotopic (exact) mass is 330 g/mol. The Bertz CT molecular complexity index is 659. The first-order valence-electron chi connectivity index (χ1n) is 7.50. The molecule has 2 amide bonds. The van der Waals surface area contributed by atoms with Crippen LogP contribution in [0.5, 0.6) is 0 Å². The molecule has 0 unspecified atom stereocenters. The summed E-state index contributed by atoms with van der Waals surface area (Å²) < 4.78 is 0. The zero-order chi connectivity index (χ0) is 16.5. The molecule has 0 spiro atoms. The predicted molar refractivity (Wildman–Crippen MR) is 91.6 cm³/mol. The van der Waals surface area contributed by atoms with E-state index in [1.54, 1.807) is 24.3 Å². The van der Waals surface area contributed by atoms with E-state index in [0.29, 0.717) is 17.1 Å². The van der Waals surface area contributed by atoms with E-state index >= 15 is 0 Å². The van der Waals surface area contributed by atoms with Crippen molar-refractivity contribution >= 4 is 23.4 Å². The number of carbonyl (C=O) groups excluding carboxylic acids is 2. The molecule has 0 bridgehead atoms. The number of rotatable bonds is 7. The normalized spacial score (nSPS) is 10.1. The smallest absolute Gasteiger partial charge is 0.252 e. The number of hydrogen-bond acceptors (Lipinski definition) is 2. The second-order valence-corrected chi connectivity index (χ2v) is 5.48. The minimum atomic E-state index is -0.271. The van der Waals surface area contributed by atoms with Crippen molar-refractivity contribution in [2.24, 2.45) is 0 Å². The highest BCUT2D eigenvalue weighted by molar-refractivity contribution is 6.33. The van der Waals surface area contributed by atoms with Gasteiger partial charge in [-0.05, 0) is 24.1 Å². The van der Waals surface area contributed by atoms with Crippen molar-refractivity contribution < 1.29 is 9.59 Å². The van der Waals surface area contributed by atoms with E-state index in [1.165, 1.54) is 5.56 Å². The largest absolute Gasteiger partial charge is 0.356 e.